The quantitative estimate of drug-likeness (QED) is 0.459. The van der Waals surface area contributed by atoms with Crippen molar-refractivity contribution in [1.29, 1.82) is 0 Å². The van der Waals surface area contributed by atoms with Crippen molar-refractivity contribution >= 4 is 12.0 Å². The molecule has 5 heteroatoms. The van der Waals surface area contributed by atoms with Gasteiger partial charge in [-0.2, -0.15) is 0 Å². The molecule has 0 aromatic heterocycles. The molecule has 0 aliphatic carbocycles. The van der Waals surface area contributed by atoms with Crippen LogP contribution in [0.4, 0.5) is 0 Å². The SMILES string of the molecule is CCO[C@@H](Cc1ccc2c(c1)C=C[C@@H](Cc1ccc(OCc3ccccc3)cc1)O2)C(=O)O. The summed E-state index contributed by atoms with van der Waals surface area (Å²) in [4.78, 5) is 11.4. The zero-order chi connectivity index (χ0) is 23.0. The van der Waals surface area contributed by atoms with Crippen molar-refractivity contribution in [1.82, 2.24) is 0 Å². The number of carboxylic acid groups (broad SMARTS) is 1. The fourth-order valence-electron chi connectivity index (χ4n) is 3.81. The summed E-state index contributed by atoms with van der Waals surface area (Å²) < 4.78 is 17.3. The molecule has 3 aromatic rings. The molecule has 0 bridgehead atoms. The van der Waals surface area contributed by atoms with Crippen LogP contribution in [0.25, 0.3) is 6.08 Å². The summed E-state index contributed by atoms with van der Waals surface area (Å²) in [6.45, 7) is 2.71. The van der Waals surface area contributed by atoms with Crippen molar-refractivity contribution in [3.63, 3.8) is 0 Å². The highest BCUT2D eigenvalue weighted by atomic mass is 16.5. The highest BCUT2D eigenvalue weighted by Crippen LogP contribution is 2.29. The number of rotatable bonds is 10. The Bertz CT molecular complexity index is 1090. The molecule has 3 aromatic carbocycles. The fraction of sp³-hybridized carbons (Fsp3) is 0.250. The Labute approximate surface area is 194 Å². The summed E-state index contributed by atoms with van der Waals surface area (Å²) >= 11 is 0. The van der Waals surface area contributed by atoms with E-state index in [0.29, 0.717) is 19.6 Å². The molecule has 0 radical (unpaired) electrons. The number of carbonyl (C=O) groups is 1. The molecule has 0 fully saturated rings. The molecule has 0 saturated carbocycles. The van der Waals surface area contributed by atoms with E-state index in [2.05, 4.69) is 12.1 Å². The van der Waals surface area contributed by atoms with Crippen molar-refractivity contribution in [2.75, 3.05) is 6.61 Å². The van der Waals surface area contributed by atoms with Crippen LogP contribution in [-0.4, -0.2) is 29.9 Å². The first-order valence-corrected chi connectivity index (χ1v) is 11.2. The average molecular weight is 445 g/mol. The molecule has 2 atom stereocenters. The van der Waals surface area contributed by atoms with Crippen LogP contribution in [0.5, 0.6) is 11.5 Å². The molecule has 1 N–H and O–H groups in total. The van der Waals surface area contributed by atoms with Gasteiger partial charge in [-0.3, -0.25) is 0 Å². The lowest BCUT2D eigenvalue weighted by Gasteiger charge is -2.22. The smallest absolute Gasteiger partial charge is 0.333 e. The first kappa shape index (κ1) is 22.6. The second-order valence-electron chi connectivity index (χ2n) is 8.00. The maximum absolute atomic E-state index is 11.4. The van der Waals surface area contributed by atoms with Crippen molar-refractivity contribution in [2.45, 2.75) is 38.6 Å². The second kappa shape index (κ2) is 10.8. The molecule has 5 nitrogen and oxygen atoms in total. The van der Waals surface area contributed by atoms with E-state index in [-0.39, 0.29) is 6.10 Å². The Hall–Kier alpha value is -3.57. The third-order valence-corrected chi connectivity index (χ3v) is 5.52. The molecular weight excluding hydrogens is 416 g/mol. The van der Waals surface area contributed by atoms with Gasteiger partial charge < -0.3 is 19.3 Å². The molecule has 0 unspecified atom stereocenters. The molecule has 0 spiro atoms. The van der Waals surface area contributed by atoms with Gasteiger partial charge in [0.2, 0.25) is 0 Å². The number of benzene rings is 3. The van der Waals surface area contributed by atoms with Crippen LogP contribution in [0, 0.1) is 0 Å². The van der Waals surface area contributed by atoms with Crippen LogP contribution in [0.15, 0.2) is 78.9 Å². The van der Waals surface area contributed by atoms with Crippen molar-refractivity contribution in [2.24, 2.45) is 0 Å². The summed E-state index contributed by atoms with van der Waals surface area (Å²) in [7, 11) is 0. The standard InChI is InChI=1S/C28H28O5/c1-2-31-27(28(29)30)18-22-10-15-26-23(16-22)11-14-25(33-26)17-20-8-12-24(13-9-20)32-19-21-6-4-3-5-7-21/h3-16,25,27H,2,17-19H2,1H3,(H,29,30)/t25-,27-/m0/s1. The Balaban J connectivity index is 1.33. The minimum absolute atomic E-state index is 0.0605. The van der Waals surface area contributed by atoms with Crippen LogP contribution in [0.3, 0.4) is 0 Å². The molecule has 170 valence electrons. The van der Waals surface area contributed by atoms with Gasteiger partial charge in [-0.25, -0.2) is 4.79 Å². The molecule has 1 aliphatic heterocycles. The minimum Gasteiger partial charge on any atom is -0.489 e. The van der Waals surface area contributed by atoms with E-state index < -0.39 is 12.1 Å². The van der Waals surface area contributed by atoms with Crippen LogP contribution < -0.4 is 9.47 Å². The van der Waals surface area contributed by atoms with E-state index in [1.807, 2.05) is 72.8 Å². The van der Waals surface area contributed by atoms with Gasteiger partial charge in [-0.15, -0.1) is 0 Å². The lowest BCUT2D eigenvalue weighted by Crippen LogP contribution is -2.26. The van der Waals surface area contributed by atoms with Gasteiger partial charge in [-0.05, 0) is 54.0 Å². The van der Waals surface area contributed by atoms with E-state index in [0.717, 1.165) is 40.2 Å². The summed E-state index contributed by atoms with van der Waals surface area (Å²) in [5.74, 6) is 0.697. The Morgan fingerprint density at radius 2 is 1.76 bits per heavy atom. The number of hydrogen-bond donors (Lipinski definition) is 1. The fourth-order valence-corrected chi connectivity index (χ4v) is 3.81. The third kappa shape index (κ3) is 6.24. The van der Waals surface area contributed by atoms with Crippen LogP contribution in [0.1, 0.15) is 29.2 Å². The second-order valence-corrected chi connectivity index (χ2v) is 8.00. The van der Waals surface area contributed by atoms with Gasteiger partial charge in [0.1, 0.15) is 24.2 Å². The van der Waals surface area contributed by atoms with E-state index in [9.17, 15) is 9.90 Å². The monoisotopic (exact) mass is 444 g/mol. The Morgan fingerprint density at radius 3 is 2.48 bits per heavy atom. The summed E-state index contributed by atoms with van der Waals surface area (Å²) in [5.41, 5.74) is 4.17. The van der Waals surface area contributed by atoms with Crippen molar-refractivity contribution in [3.8, 4) is 11.5 Å². The van der Waals surface area contributed by atoms with E-state index in [4.69, 9.17) is 14.2 Å². The molecule has 0 amide bonds. The van der Waals surface area contributed by atoms with Gasteiger partial charge in [0.25, 0.3) is 0 Å². The predicted octanol–water partition coefficient (Wildman–Crippen LogP) is 5.31. The van der Waals surface area contributed by atoms with Crippen LogP contribution >= 0.6 is 0 Å². The Morgan fingerprint density at radius 1 is 1.00 bits per heavy atom. The molecule has 1 heterocycles. The number of hydrogen-bond acceptors (Lipinski definition) is 4. The molecular formula is C28H28O5. The lowest BCUT2D eigenvalue weighted by molar-refractivity contribution is -0.149. The zero-order valence-corrected chi connectivity index (χ0v) is 18.6. The molecule has 4 rings (SSSR count). The summed E-state index contributed by atoms with van der Waals surface area (Å²) in [6.07, 6.45) is 4.27. The van der Waals surface area contributed by atoms with Crippen molar-refractivity contribution < 1.29 is 24.1 Å². The van der Waals surface area contributed by atoms with E-state index >= 15 is 0 Å². The van der Waals surface area contributed by atoms with Gasteiger partial charge in [0.15, 0.2) is 6.10 Å². The first-order valence-electron chi connectivity index (χ1n) is 11.2. The average Bonchev–Trinajstić information content (AvgIpc) is 2.84. The molecule has 33 heavy (non-hydrogen) atoms. The molecule has 0 saturated heterocycles. The summed E-state index contributed by atoms with van der Waals surface area (Å²) in [5, 5.41) is 9.31. The maximum Gasteiger partial charge on any atom is 0.333 e. The number of aliphatic carboxylic acids is 1. The normalized spacial score (nSPS) is 15.4. The van der Waals surface area contributed by atoms with E-state index in [1.165, 1.54) is 0 Å². The lowest BCUT2D eigenvalue weighted by atomic mass is 10.00. The number of carboxylic acids is 1. The Kier molecular flexibility index (Phi) is 7.43. The minimum atomic E-state index is -0.946. The highest BCUT2D eigenvalue weighted by molar-refractivity contribution is 5.73. The van der Waals surface area contributed by atoms with E-state index in [1.54, 1.807) is 6.92 Å². The zero-order valence-electron chi connectivity index (χ0n) is 18.6. The molecule has 1 aliphatic rings. The largest absolute Gasteiger partial charge is 0.489 e. The third-order valence-electron chi connectivity index (χ3n) is 5.52. The van der Waals surface area contributed by atoms with Gasteiger partial charge in [0, 0.05) is 25.0 Å². The number of fused-ring (bicyclic) bond motifs is 1. The number of ether oxygens (including phenoxy) is 3. The maximum atomic E-state index is 11.4. The van der Waals surface area contributed by atoms with Gasteiger partial charge in [-0.1, -0.05) is 54.6 Å². The van der Waals surface area contributed by atoms with Crippen LogP contribution in [-0.2, 0) is 29.0 Å². The highest BCUT2D eigenvalue weighted by Gasteiger charge is 2.20. The van der Waals surface area contributed by atoms with Crippen LogP contribution in [0.2, 0.25) is 0 Å². The topological polar surface area (TPSA) is 65.0 Å². The van der Waals surface area contributed by atoms with Gasteiger partial charge in [0.05, 0.1) is 0 Å². The predicted molar refractivity (Wildman–Crippen MR) is 128 cm³/mol. The van der Waals surface area contributed by atoms with Gasteiger partial charge >= 0.3 is 5.97 Å². The summed E-state index contributed by atoms with van der Waals surface area (Å²) in [6, 6.07) is 24.0. The van der Waals surface area contributed by atoms with Crippen molar-refractivity contribution in [3.05, 3.63) is 101 Å². The first-order chi connectivity index (χ1) is 16.1.